The lowest BCUT2D eigenvalue weighted by atomic mass is 10.2. The molecule has 12 heteroatoms. The summed E-state index contributed by atoms with van der Waals surface area (Å²) in [5, 5.41) is 2.41. The van der Waals surface area contributed by atoms with Crippen LogP contribution >= 0.6 is 11.8 Å². The molecule has 33 heavy (non-hydrogen) atoms. The molecule has 0 aliphatic rings. The number of nitrogens with one attached hydrogen (secondary N) is 2. The number of ether oxygens (including phenoxy) is 1. The molecule has 0 unspecified atom stereocenters. The number of hydrogen-bond acceptors (Lipinski definition) is 7. The molecule has 2 N–H and O–H groups in total. The molecule has 2 aromatic carbocycles. The minimum Gasteiger partial charge on any atom is -0.468 e. The van der Waals surface area contributed by atoms with Crippen molar-refractivity contribution < 1.29 is 35.9 Å². The maximum absolute atomic E-state index is 12.6. The second-order valence-corrected chi connectivity index (χ2v) is 9.23. The summed E-state index contributed by atoms with van der Waals surface area (Å²) in [6.45, 7) is -0.690. The maximum atomic E-state index is 12.6. The van der Waals surface area contributed by atoms with Gasteiger partial charge in [0.15, 0.2) is 6.61 Å². The lowest BCUT2D eigenvalue weighted by Gasteiger charge is -2.11. The third-order valence-electron chi connectivity index (χ3n) is 4.13. The molecule has 0 bridgehead atoms. The number of alkyl halides is 2. The molecular formula is C21H18F2N2O6S2. The van der Waals surface area contributed by atoms with Crippen LogP contribution in [0.2, 0.25) is 0 Å². The van der Waals surface area contributed by atoms with Crippen molar-refractivity contribution in [1.82, 2.24) is 4.72 Å². The highest BCUT2D eigenvalue weighted by Gasteiger charge is 2.17. The smallest absolute Gasteiger partial charge is 0.338 e. The van der Waals surface area contributed by atoms with Gasteiger partial charge in [-0.15, -0.1) is 0 Å². The Labute approximate surface area is 192 Å². The molecule has 1 heterocycles. The van der Waals surface area contributed by atoms with Gasteiger partial charge in [-0.3, -0.25) is 4.79 Å². The number of para-hydroxylation sites is 1. The summed E-state index contributed by atoms with van der Waals surface area (Å²) < 4.78 is 62.2. The quantitative estimate of drug-likeness (QED) is 0.323. The number of sulfonamides is 1. The van der Waals surface area contributed by atoms with Gasteiger partial charge in [0.25, 0.3) is 11.7 Å². The van der Waals surface area contributed by atoms with Crippen LogP contribution in [0.4, 0.5) is 14.5 Å². The topological polar surface area (TPSA) is 115 Å². The van der Waals surface area contributed by atoms with Crippen LogP contribution in [0.25, 0.3) is 0 Å². The highest BCUT2D eigenvalue weighted by molar-refractivity contribution is 7.99. The summed E-state index contributed by atoms with van der Waals surface area (Å²) in [4.78, 5) is 24.3. The van der Waals surface area contributed by atoms with Crippen LogP contribution in [0.5, 0.6) is 0 Å². The van der Waals surface area contributed by atoms with Gasteiger partial charge in [0.05, 0.1) is 29.0 Å². The fourth-order valence-electron chi connectivity index (χ4n) is 2.60. The van der Waals surface area contributed by atoms with Crippen LogP contribution in [0.15, 0.2) is 81.1 Å². The van der Waals surface area contributed by atoms with Crippen LogP contribution in [0.3, 0.4) is 0 Å². The van der Waals surface area contributed by atoms with Gasteiger partial charge in [-0.25, -0.2) is 17.9 Å². The molecule has 174 valence electrons. The van der Waals surface area contributed by atoms with E-state index in [2.05, 4.69) is 10.0 Å². The fourth-order valence-corrected chi connectivity index (χ4v) is 4.19. The van der Waals surface area contributed by atoms with Crippen molar-refractivity contribution in [1.29, 1.82) is 0 Å². The Balaban J connectivity index is 1.54. The van der Waals surface area contributed by atoms with Gasteiger partial charge in [-0.2, -0.15) is 8.78 Å². The number of amides is 1. The predicted octanol–water partition coefficient (Wildman–Crippen LogP) is 3.87. The SMILES string of the molecule is O=C(COC(=O)c1ccc(S(=O)(=O)NCc2ccco2)cc1)Nc1ccccc1SC(F)F. The van der Waals surface area contributed by atoms with Gasteiger partial charge in [0, 0.05) is 4.90 Å². The first-order valence-corrected chi connectivity index (χ1v) is 11.7. The molecule has 0 fully saturated rings. The molecule has 0 saturated carbocycles. The fraction of sp³-hybridized carbons (Fsp3) is 0.143. The maximum Gasteiger partial charge on any atom is 0.338 e. The Kier molecular flexibility index (Phi) is 8.20. The third-order valence-corrected chi connectivity index (χ3v) is 6.33. The van der Waals surface area contributed by atoms with Crippen molar-refractivity contribution in [2.24, 2.45) is 0 Å². The summed E-state index contributed by atoms with van der Waals surface area (Å²) in [6, 6.07) is 14.2. The van der Waals surface area contributed by atoms with Gasteiger partial charge >= 0.3 is 5.97 Å². The van der Waals surface area contributed by atoms with Crippen LogP contribution in [-0.4, -0.2) is 32.7 Å². The van der Waals surface area contributed by atoms with E-state index < -0.39 is 34.3 Å². The number of benzene rings is 2. The zero-order chi connectivity index (χ0) is 23.8. The standard InChI is InChI=1S/C21H18F2N2O6S2/c22-21(23)32-18-6-2-1-5-17(18)25-19(26)13-31-20(27)14-7-9-16(10-8-14)33(28,29)24-12-15-4-3-11-30-15/h1-11,21,24H,12-13H2,(H,25,26). The van der Waals surface area contributed by atoms with E-state index in [9.17, 15) is 26.8 Å². The third kappa shape index (κ3) is 7.14. The van der Waals surface area contributed by atoms with E-state index >= 15 is 0 Å². The molecular weight excluding hydrogens is 478 g/mol. The summed E-state index contributed by atoms with van der Waals surface area (Å²) in [7, 11) is -3.83. The number of halogens is 2. The van der Waals surface area contributed by atoms with Crippen molar-refractivity contribution in [3.05, 3.63) is 78.3 Å². The molecule has 3 rings (SSSR count). The van der Waals surface area contributed by atoms with Crippen molar-refractivity contribution in [3.8, 4) is 0 Å². The van der Waals surface area contributed by atoms with Crippen LogP contribution in [0.1, 0.15) is 16.1 Å². The summed E-state index contributed by atoms with van der Waals surface area (Å²) in [5.41, 5.74) is 0.196. The first kappa shape index (κ1) is 24.4. The van der Waals surface area contributed by atoms with Crippen molar-refractivity contribution >= 4 is 39.3 Å². The van der Waals surface area contributed by atoms with E-state index in [1.54, 1.807) is 24.3 Å². The number of carbonyl (C=O) groups is 2. The Bertz CT molecular complexity index is 1200. The van der Waals surface area contributed by atoms with E-state index in [4.69, 9.17) is 9.15 Å². The lowest BCUT2D eigenvalue weighted by molar-refractivity contribution is -0.119. The first-order valence-electron chi connectivity index (χ1n) is 9.37. The number of thioether (sulfide) groups is 1. The van der Waals surface area contributed by atoms with Gasteiger partial charge in [0.1, 0.15) is 5.76 Å². The second kappa shape index (κ2) is 11.1. The van der Waals surface area contributed by atoms with Crippen LogP contribution < -0.4 is 10.0 Å². The van der Waals surface area contributed by atoms with Gasteiger partial charge in [0.2, 0.25) is 10.0 Å². The Morgan fingerprint density at radius 2 is 1.76 bits per heavy atom. The number of esters is 1. The number of furan rings is 1. The normalized spacial score (nSPS) is 11.4. The molecule has 3 aromatic rings. The van der Waals surface area contributed by atoms with E-state index in [1.807, 2.05) is 0 Å². The van der Waals surface area contributed by atoms with Gasteiger partial charge in [-0.1, -0.05) is 23.9 Å². The Hall–Kier alpha value is -3.22. The van der Waals surface area contributed by atoms with E-state index in [0.717, 1.165) is 0 Å². The summed E-state index contributed by atoms with van der Waals surface area (Å²) in [6.07, 6.45) is 1.42. The summed E-state index contributed by atoms with van der Waals surface area (Å²) >= 11 is 0.279. The lowest BCUT2D eigenvalue weighted by Crippen LogP contribution is -2.23. The summed E-state index contributed by atoms with van der Waals surface area (Å²) in [5.74, 6) is -3.79. The molecule has 1 amide bonds. The average Bonchev–Trinajstić information content (AvgIpc) is 3.31. The number of rotatable bonds is 10. The monoisotopic (exact) mass is 496 g/mol. The molecule has 1 aromatic heterocycles. The van der Waals surface area contributed by atoms with Crippen LogP contribution in [0, 0.1) is 0 Å². The predicted molar refractivity (Wildman–Crippen MR) is 116 cm³/mol. The molecule has 0 aliphatic carbocycles. The average molecular weight is 497 g/mol. The van der Waals surface area contributed by atoms with Gasteiger partial charge < -0.3 is 14.5 Å². The van der Waals surface area contributed by atoms with Gasteiger partial charge in [-0.05, 0) is 48.5 Å². The molecule has 0 aliphatic heterocycles. The number of anilines is 1. The highest BCUT2D eigenvalue weighted by Crippen LogP contribution is 2.31. The first-order chi connectivity index (χ1) is 15.7. The number of carbonyl (C=O) groups excluding carboxylic acids is 2. The highest BCUT2D eigenvalue weighted by atomic mass is 32.2. The van der Waals surface area contributed by atoms with E-state index in [-0.39, 0.29) is 39.3 Å². The zero-order valence-corrected chi connectivity index (χ0v) is 18.5. The minimum atomic E-state index is -3.83. The molecule has 0 spiro atoms. The Morgan fingerprint density at radius 1 is 1.03 bits per heavy atom. The minimum absolute atomic E-state index is 0.0291. The second-order valence-electron chi connectivity index (χ2n) is 6.43. The number of hydrogen-bond donors (Lipinski definition) is 2. The molecule has 8 nitrogen and oxygen atoms in total. The molecule has 0 atom stereocenters. The largest absolute Gasteiger partial charge is 0.468 e. The zero-order valence-electron chi connectivity index (χ0n) is 16.9. The Morgan fingerprint density at radius 3 is 2.42 bits per heavy atom. The van der Waals surface area contributed by atoms with Crippen molar-refractivity contribution in [2.45, 2.75) is 22.1 Å². The van der Waals surface area contributed by atoms with E-state index in [1.165, 1.54) is 42.7 Å². The van der Waals surface area contributed by atoms with Crippen molar-refractivity contribution in [2.75, 3.05) is 11.9 Å². The molecule has 0 radical (unpaired) electrons. The van der Waals surface area contributed by atoms with E-state index in [0.29, 0.717) is 5.76 Å². The molecule has 0 saturated heterocycles. The van der Waals surface area contributed by atoms with Crippen LogP contribution in [-0.2, 0) is 26.1 Å². The van der Waals surface area contributed by atoms with Crippen molar-refractivity contribution in [3.63, 3.8) is 0 Å².